The summed E-state index contributed by atoms with van der Waals surface area (Å²) in [6.45, 7) is 1.38. The molecule has 16 heavy (non-hydrogen) atoms. The summed E-state index contributed by atoms with van der Waals surface area (Å²) in [5.41, 5.74) is 0.327. The monoisotopic (exact) mass is 306 g/mol. The van der Waals surface area contributed by atoms with Crippen LogP contribution in [0.2, 0.25) is 0 Å². The molecule has 0 fully saturated rings. The van der Waals surface area contributed by atoms with E-state index in [0.29, 0.717) is 10.0 Å². The molecule has 1 aromatic rings. The van der Waals surface area contributed by atoms with Crippen LogP contribution in [0.1, 0.15) is 17.3 Å². The molecule has 0 N–H and O–H groups in total. The van der Waals surface area contributed by atoms with Crippen LogP contribution >= 0.6 is 15.9 Å². The van der Waals surface area contributed by atoms with Crippen LogP contribution in [0.3, 0.4) is 0 Å². The molecule has 0 aliphatic heterocycles. The van der Waals surface area contributed by atoms with Gasteiger partial charge in [-0.15, -0.1) is 0 Å². The number of methoxy groups -OCH3 is 1. The van der Waals surface area contributed by atoms with E-state index in [4.69, 9.17) is 4.74 Å². The maximum Gasteiger partial charge on any atom is 0.179 e. The summed E-state index contributed by atoms with van der Waals surface area (Å²) < 4.78 is 28.5. The number of rotatable bonds is 3. The first-order valence-corrected chi connectivity index (χ1v) is 7.04. The van der Waals surface area contributed by atoms with Crippen molar-refractivity contribution in [2.45, 2.75) is 11.8 Å². The van der Waals surface area contributed by atoms with Gasteiger partial charge in [-0.1, -0.05) is 0 Å². The third kappa shape index (κ3) is 2.62. The molecule has 88 valence electrons. The van der Waals surface area contributed by atoms with E-state index in [2.05, 4.69) is 15.9 Å². The van der Waals surface area contributed by atoms with Gasteiger partial charge in [-0.3, -0.25) is 4.79 Å². The first-order valence-electron chi connectivity index (χ1n) is 4.36. The predicted molar refractivity (Wildman–Crippen MR) is 63.8 cm³/mol. The van der Waals surface area contributed by atoms with Gasteiger partial charge in [0.15, 0.2) is 21.4 Å². The van der Waals surface area contributed by atoms with Gasteiger partial charge in [0.2, 0.25) is 0 Å². The number of sulfone groups is 1. The fourth-order valence-corrected chi connectivity index (χ4v) is 2.87. The molecular weight excluding hydrogens is 296 g/mol. The second-order valence-corrected chi connectivity index (χ2v) is 6.16. The van der Waals surface area contributed by atoms with Gasteiger partial charge < -0.3 is 4.74 Å². The van der Waals surface area contributed by atoms with Crippen molar-refractivity contribution in [2.75, 3.05) is 13.4 Å². The van der Waals surface area contributed by atoms with E-state index in [9.17, 15) is 13.2 Å². The molecule has 0 aromatic heterocycles. The van der Waals surface area contributed by atoms with Crippen LogP contribution in [0.4, 0.5) is 0 Å². The average molecular weight is 307 g/mol. The van der Waals surface area contributed by atoms with Crippen LogP contribution in [-0.2, 0) is 9.84 Å². The van der Waals surface area contributed by atoms with Crippen LogP contribution in [-0.4, -0.2) is 27.6 Å². The molecule has 0 saturated heterocycles. The number of Topliss-reactive ketones (excluding diaryl/α,β-unsaturated/α-hetero) is 1. The van der Waals surface area contributed by atoms with Crippen LogP contribution < -0.4 is 4.74 Å². The molecule has 0 spiro atoms. The van der Waals surface area contributed by atoms with Gasteiger partial charge in [-0.05, 0) is 35.0 Å². The first-order chi connectivity index (χ1) is 7.27. The minimum Gasteiger partial charge on any atom is -0.494 e. The number of hydrogen-bond acceptors (Lipinski definition) is 4. The number of ketones is 1. The molecule has 0 unspecified atom stereocenters. The van der Waals surface area contributed by atoms with Crippen LogP contribution in [0.15, 0.2) is 21.5 Å². The lowest BCUT2D eigenvalue weighted by Gasteiger charge is -2.10. The standard InChI is InChI=1S/C10H11BrO4S/c1-6(12)7-4-8(11)10(15-2)9(5-7)16(3,13)14/h4-5H,1-3H3. The zero-order valence-electron chi connectivity index (χ0n) is 9.07. The molecule has 0 aliphatic rings. The number of halogens is 1. The van der Waals surface area contributed by atoms with Crippen molar-refractivity contribution in [3.8, 4) is 5.75 Å². The second kappa shape index (κ2) is 4.55. The maximum atomic E-state index is 11.5. The molecular formula is C10H11BrO4S. The summed E-state index contributed by atoms with van der Waals surface area (Å²) in [6, 6.07) is 2.86. The Morgan fingerprint density at radius 3 is 2.31 bits per heavy atom. The molecule has 0 amide bonds. The highest BCUT2D eigenvalue weighted by atomic mass is 79.9. The molecule has 0 heterocycles. The van der Waals surface area contributed by atoms with E-state index < -0.39 is 9.84 Å². The molecule has 1 rings (SSSR count). The Kier molecular flexibility index (Phi) is 3.75. The number of carbonyl (C=O) groups is 1. The maximum absolute atomic E-state index is 11.5. The number of ether oxygens (including phenoxy) is 1. The summed E-state index contributed by atoms with van der Waals surface area (Å²) in [5, 5.41) is 0. The molecule has 0 saturated carbocycles. The fourth-order valence-electron chi connectivity index (χ4n) is 1.24. The van der Waals surface area contributed by atoms with Crippen molar-refractivity contribution in [3.05, 3.63) is 22.2 Å². The highest BCUT2D eigenvalue weighted by molar-refractivity contribution is 9.10. The third-order valence-electron chi connectivity index (χ3n) is 2.02. The van der Waals surface area contributed by atoms with Crippen molar-refractivity contribution >= 4 is 31.6 Å². The lowest BCUT2D eigenvalue weighted by Crippen LogP contribution is -2.04. The summed E-state index contributed by atoms with van der Waals surface area (Å²) in [5.74, 6) is 0.0146. The second-order valence-electron chi connectivity index (χ2n) is 3.32. The predicted octanol–water partition coefficient (Wildman–Crippen LogP) is 2.06. The number of carbonyl (C=O) groups excluding carboxylic acids is 1. The Hall–Kier alpha value is -0.880. The van der Waals surface area contributed by atoms with Crippen molar-refractivity contribution in [2.24, 2.45) is 0 Å². The SMILES string of the molecule is COc1c(Br)cc(C(C)=O)cc1S(C)(=O)=O. The summed E-state index contributed by atoms with van der Waals surface area (Å²) in [6.07, 6.45) is 1.07. The van der Waals surface area contributed by atoms with Crippen LogP contribution in [0, 0.1) is 0 Å². The Morgan fingerprint density at radius 2 is 1.94 bits per heavy atom. The Morgan fingerprint density at radius 1 is 1.38 bits per heavy atom. The van der Waals surface area contributed by atoms with E-state index in [0.717, 1.165) is 6.26 Å². The molecule has 0 atom stereocenters. The van der Waals surface area contributed by atoms with E-state index in [-0.39, 0.29) is 16.4 Å². The van der Waals surface area contributed by atoms with E-state index in [1.54, 1.807) is 0 Å². The van der Waals surface area contributed by atoms with Crippen molar-refractivity contribution in [1.29, 1.82) is 0 Å². The quantitative estimate of drug-likeness (QED) is 0.802. The smallest absolute Gasteiger partial charge is 0.179 e. The van der Waals surface area contributed by atoms with Gasteiger partial charge in [-0.25, -0.2) is 8.42 Å². The first kappa shape index (κ1) is 13.2. The summed E-state index contributed by atoms with van der Waals surface area (Å²) >= 11 is 3.18. The van der Waals surface area contributed by atoms with Gasteiger partial charge in [0.1, 0.15) is 4.90 Å². The van der Waals surface area contributed by atoms with E-state index in [1.165, 1.54) is 26.2 Å². The average Bonchev–Trinajstić information content (AvgIpc) is 2.14. The molecule has 1 aromatic carbocycles. The lowest BCUT2D eigenvalue weighted by molar-refractivity contribution is 0.101. The molecule has 0 bridgehead atoms. The normalized spacial score (nSPS) is 11.2. The molecule has 6 heteroatoms. The molecule has 0 radical (unpaired) electrons. The van der Waals surface area contributed by atoms with Gasteiger partial charge in [0, 0.05) is 11.8 Å². The highest BCUT2D eigenvalue weighted by Gasteiger charge is 2.19. The topological polar surface area (TPSA) is 60.4 Å². The minimum absolute atomic E-state index is 0.00887. The van der Waals surface area contributed by atoms with Gasteiger partial charge in [0.25, 0.3) is 0 Å². The third-order valence-corrected chi connectivity index (χ3v) is 3.71. The van der Waals surface area contributed by atoms with Crippen molar-refractivity contribution < 1.29 is 17.9 Å². The summed E-state index contributed by atoms with van der Waals surface area (Å²) in [4.78, 5) is 11.2. The zero-order valence-corrected chi connectivity index (χ0v) is 11.5. The highest BCUT2D eigenvalue weighted by Crippen LogP contribution is 2.33. The Labute approximate surface area is 103 Å². The van der Waals surface area contributed by atoms with Crippen molar-refractivity contribution in [3.63, 3.8) is 0 Å². The number of hydrogen-bond donors (Lipinski definition) is 0. The van der Waals surface area contributed by atoms with Crippen LogP contribution in [0.25, 0.3) is 0 Å². The zero-order chi connectivity index (χ0) is 12.5. The summed E-state index contributed by atoms with van der Waals surface area (Å²) in [7, 11) is -2.05. The minimum atomic E-state index is -3.43. The fraction of sp³-hybridized carbons (Fsp3) is 0.300. The Bertz CT molecular complexity index is 534. The molecule has 4 nitrogen and oxygen atoms in total. The number of benzene rings is 1. The van der Waals surface area contributed by atoms with E-state index in [1.807, 2.05) is 0 Å². The van der Waals surface area contributed by atoms with Gasteiger partial charge in [0.05, 0.1) is 11.6 Å². The van der Waals surface area contributed by atoms with Crippen molar-refractivity contribution in [1.82, 2.24) is 0 Å². The Balaban J connectivity index is 3.62. The van der Waals surface area contributed by atoms with Gasteiger partial charge >= 0.3 is 0 Å². The lowest BCUT2D eigenvalue weighted by atomic mass is 10.1. The molecule has 0 aliphatic carbocycles. The van der Waals surface area contributed by atoms with Crippen LogP contribution in [0.5, 0.6) is 5.75 Å². The largest absolute Gasteiger partial charge is 0.494 e. The van der Waals surface area contributed by atoms with Gasteiger partial charge in [-0.2, -0.15) is 0 Å². The van der Waals surface area contributed by atoms with E-state index >= 15 is 0 Å².